The molecule has 6 heteroatoms. The van der Waals surface area contributed by atoms with Gasteiger partial charge in [0.25, 0.3) is 5.91 Å². The lowest BCUT2D eigenvalue weighted by atomic mass is 10.2. The third-order valence-corrected chi connectivity index (χ3v) is 2.87. The van der Waals surface area contributed by atoms with Crippen LogP contribution in [0.2, 0.25) is 0 Å². The molecular weight excluding hydrogens is 242 g/mol. The van der Waals surface area contributed by atoms with Crippen molar-refractivity contribution in [1.29, 1.82) is 0 Å². The molecule has 1 aromatic rings. The average Bonchev–Trinajstić information content (AvgIpc) is 2.83. The molecule has 2 rings (SSSR count). The number of nitrogens with one attached hydrogen (secondary N) is 1. The molecular formula is C12H14F2N2O2. The summed E-state index contributed by atoms with van der Waals surface area (Å²) in [6.07, 6.45) is 0.435. The number of ether oxygens (including phenoxy) is 1. The second-order valence-electron chi connectivity index (χ2n) is 4.15. The molecule has 2 atom stereocenters. The molecule has 2 unspecified atom stereocenters. The molecule has 1 aliphatic heterocycles. The first-order valence-corrected chi connectivity index (χ1v) is 5.72. The number of halogens is 2. The Hall–Kier alpha value is -1.53. The molecule has 0 saturated carbocycles. The minimum Gasteiger partial charge on any atom is -0.364 e. The lowest BCUT2D eigenvalue weighted by molar-refractivity contribution is -0.126. The van der Waals surface area contributed by atoms with Crippen molar-refractivity contribution in [3.63, 3.8) is 0 Å². The molecule has 1 aromatic carbocycles. The fourth-order valence-electron chi connectivity index (χ4n) is 1.89. The molecule has 1 heterocycles. The van der Waals surface area contributed by atoms with E-state index in [0.717, 1.165) is 6.07 Å². The van der Waals surface area contributed by atoms with Crippen LogP contribution in [0.5, 0.6) is 0 Å². The second-order valence-corrected chi connectivity index (χ2v) is 4.15. The summed E-state index contributed by atoms with van der Waals surface area (Å²) in [6, 6.07) is 3.61. The first-order valence-electron chi connectivity index (χ1n) is 5.72. The zero-order valence-electron chi connectivity index (χ0n) is 9.66. The minimum atomic E-state index is -1.07. The molecule has 98 valence electrons. The van der Waals surface area contributed by atoms with Crippen molar-refractivity contribution in [2.45, 2.75) is 25.0 Å². The van der Waals surface area contributed by atoms with E-state index in [4.69, 9.17) is 10.5 Å². The lowest BCUT2D eigenvalue weighted by Crippen LogP contribution is -2.30. The summed E-state index contributed by atoms with van der Waals surface area (Å²) in [5.41, 5.74) is 5.25. The van der Waals surface area contributed by atoms with Gasteiger partial charge in [-0.3, -0.25) is 4.79 Å². The van der Waals surface area contributed by atoms with Gasteiger partial charge in [-0.25, -0.2) is 8.78 Å². The van der Waals surface area contributed by atoms with E-state index >= 15 is 0 Å². The molecule has 0 aliphatic carbocycles. The molecule has 0 aromatic heterocycles. The molecule has 1 fully saturated rings. The van der Waals surface area contributed by atoms with Gasteiger partial charge in [-0.1, -0.05) is 6.07 Å². The first-order chi connectivity index (χ1) is 8.61. The Morgan fingerprint density at radius 3 is 2.89 bits per heavy atom. The number of benzene rings is 1. The van der Waals surface area contributed by atoms with Gasteiger partial charge < -0.3 is 15.8 Å². The number of nitrogens with two attached hydrogens (primary N) is 1. The van der Waals surface area contributed by atoms with Gasteiger partial charge in [-0.2, -0.15) is 0 Å². The van der Waals surface area contributed by atoms with Crippen molar-refractivity contribution in [2.24, 2.45) is 5.73 Å². The van der Waals surface area contributed by atoms with Crippen molar-refractivity contribution in [2.75, 3.05) is 11.9 Å². The van der Waals surface area contributed by atoms with Gasteiger partial charge >= 0.3 is 0 Å². The van der Waals surface area contributed by atoms with Gasteiger partial charge in [0.15, 0.2) is 11.6 Å². The number of amides is 1. The monoisotopic (exact) mass is 256 g/mol. The maximum atomic E-state index is 13.3. The van der Waals surface area contributed by atoms with Gasteiger partial charge in [0.1, 0.15) is 6.10 Å². The Bertz CT molecular complexity index is 454. The average molecular weight is 256 g/mol. The zero-order valence-corrected chi connectivity index (χ0v) is 9.66. The Morgan fingerprint density at radius 2 is 2.22 bits per heavy atom. The Morgan fingerprint density at radius 1 is 1.44 bits per heavy atom. The minimum absolute atomic E-state index is 0.141. The van der Waals surface area contributed by atoms with Crippen molar-refractivity contribution in [3.05, 3.63) is 29.8 Å². The molecule has 1 amide bonds. The van der Waals surface area contributed by atoms with Gasteiger partial charge in [-0.05, 0) is 25.0 Å². The summed E-state index contributed by atoms with van der Waals surface area (Å²) in [5, 5.41) is 2.32. The van der Waals surface area contributed by atoms with Crippen LogP contribution >= 0.6 is 0 Å². The number of rotatable bonds is 3. The van der Waals surface area contributed by atoms with E-state index in [2.05, 4.69) is 5.32 Å². The van der Waals surface area contributed by atoms with Crippen LogP contribution in [0.25, 0.3) is 0 Å². The van der Waals surface area contributed by atoms with Crippen LogP contribution in [0.3, 0.4) is 0 Å². The molecule has 0 spiro atoms. The van der Waals surface area contributed by atoms with E-state index in [9.17, 15) is 13.6 Å². The summed E-state index contributed by atoms with van der Waals surface area (Å²) in [7, 11) is 0. The van der Waals surface area contributed by atoms with E-state index in [0.29, 0.717) is 19.4 Å². The predicted octanol–water partition coefficient (Wildman–Crippen LogP) is 1.41. The van der Waals surface area contributed by atoms with Gasteiger partial charge in [0, 0.05) is 6.54 Å². The fraction of sp³-hybridized carbons (Fsp3) is 0.417. The van der Waals surface area contributed by atoms with E-state index in [-0.39, 0.29) is 11.8 Å². The molecule has 1 aliphatic rings. The molecule has 1 saturated heterocycles. The fourth-order valence-corrected chi connectivity index (χ4v) is 1.89. The summed E-state index contributed by atoms with van der Waals surface area (Å²) < 4.78 is 31.7. The van der Waals surface area contributed by atoms with E-state index in [1.807, 2.05) is 0 Å². The van der Waals surface area contributed by atoms with Crippen LogP contribution < -0.4 is 11.1 Å². The standard InChI is InChI=1S/C12H14F2N2O2/c13-8-2-1-3-9(11(8)14)16-12(17)10-5-4-7(6-15)18-10/h1-3,7,10H,4-6,15H2,(H,16,17). The van der Waals surface area contributed by atoms with Crippen molar-refractivity contribution >= 4 is 11.6 Å². The highest BCUT2D eigenvalue weighted by atomic mass is 19.2. The number of anilines is 1. The van der Waals surface area contributed by atoms with Crippen LogP contribution in [0.4, 0.5) is 14.5 Å². The van der Waals surface area contributed by atoms with Crippen molar-refractivity contribution < 1.29 is 18.3 Å². The third kappa shape index (κ3) is 2.65. The summed E-state index contributed by atoms with van der Waals surface area (Å²) >= 11 is 0. The summed E-state index contributed by atoms with van der Waals surface area (Å²) in [5.74, 6) is -2.55. The number of hydrogen-bond donors (Lipinski definition) is 2. The highest BCUT2D eigenvalue weighted by Crippen LogP contribution is 2.22. The summed E-state index contributed by atoms with van der Waals surface area (Å²) in [6.45, 7) is 0.345. The highest BCUT2D eigenvalue weighted by molar-refractivity contribution is 5.94. The normalized spacial score (nSPS) is 23.1. The van der Waals surface area contributed by atoms with E-state index in [1.54, 1.807) is 0 Å². The molecule has 3 N–H and O–H groups in total. The molecule has 0 radical (unpaired) electrons. The van der Waals surface area contributed by atoms with Crippen LogP contribution in [-0.2, 0) is 9.53 Å². The summed E-state index contributed by atoms with van der Waals surface area (Å²) in [4.78, 5) is 11.8. The van der Waals surface area contributed by atoms with Gasteiger partial charge in [0.05, 0.1) is 11.8 Å². The quantitative estimate of drug-likeness (QED) is 0.859. The van der Waals surface area contributed by atoms with Crippen molar-refractivity contribution in [3.8, 4) is 0 Å². The van der Waals surface area contributed by atoms with Crippen LogP contribution in [0.1, 0.15) is 12.8 Å². The third-order valence-electron chi connectivity index (χ3n) is 2.87. The Labute approximate surface area is 103 Å². The molecule has 4 nitrogen and oxygen atoms in total. The first kappa shape index (κ1) is 12.9. The zero-order chi connectivity index (χ0) is 13.1. The molecule has 18 heavy (non-hydrogen) atoms. The largest absolute Gasteiger partial charge is 0.364 e. The smallest absolute Gasteiger partial charge is 0.253 e. The van der Waals surface area contributed by atoms with Crippen LogP contribution in [0, 0.1) is 11.6 Å². The van der Waals surface area contributed by atoms with Gasteiger partial charge in [-0.15, -0.1) is 0 Å². The lowest BCUT2D eigenvalue weighted by Gasteiger charge is -2.13. The highest BCUT2D eigenvalue weighted by Gasteiger charge is 2.30. The topological polar surface area (TPSA) is 64.4 Å². The predicted molar refractivity (Wildman–Crippen MR) is 61.9 cm³/mol. The van der Waals surface area contributed by atoms with E-state index < -0.39 is 23.6 Å². The number of carbonyl (C=O) groups is 1. The Kier molecular flexibility index (Phi) is 3.88. The maximum Gasteiger partial charge on any atom is 0.253 e. The second kappa shape index (κ2) is 5.41. The molecule has 0 bridgehead atoms. The number of carbonyl (C=O) groups excluding carboxylic acids is 1. The SMILES string of the molecule is NCC1CCC(C(=O)Nc2cccc(F)c2F)O1. The van der Waals surface area contributed by atoms with Crippen LogP contribution in [0.15, 0.2) is 18.2 Å². The van der Waals surface area contributed by atoms with E-state index in [1.165, 1.54) is 12.1 Å². The maximum absolute atomic E-state index is 13.3. The van der Waals surface area contributed by atoms with Crippen LogP contribution in [-0.4, -0.2) is 24.7 Å². The Balaban J connectivity index is 2.01. The van der Waals surface area contributed by atoms with Crippen molar-refractivity contribution in [1.82, 2.24) is 0 Å². The number of hydrogen-bond acceptors (Lipinski definition) is 3. The van der Waals surface area contributed by atoms with Gasteiger partial charge in [0.2, 0.25) is 0 Å².